The Balaban J connectivity index is 1.78. The zero-order valence-corrected chi connectivity index (χ0v) is 10.9. The van der Waals surface area contributed by atoms with Crippen LogP contribution in [-0.2, 0) is 12.8 Å². The van der Waals surface area contributed by atoms with Gasteiger partial charge in [0, 0.05) is 12.1 Å². The normalized spacial score (nSPS) is 11.0. The highest BCUT2D eigenvalue weighted by atomic mass is 16.3. The molecule has 0 atom stereocenters. The van der Waals surface area contributed by atoms with E-state index in [2.05, 4.69) is 18.0 Å². The van der Waals surface area contributed by atoms with Gasteiger partial charge in [-0.2, -0.15) is 0 Å². The van der Waals surface area contributed by atoms with Gasteiger partial charge in [0.1, 0.15) is 5.52 Å². The lowest BCUT2D eigenvalue weighted by Gasteiger charge is -1.99. The van der Waals surface area contributed by atoms with Crippen LogP contribution in [0.25, 0.3) is 11.1 Å². The Labute approximate surface area is 112 Å². The van der Waals surface area contributed by atoms with Gasteiger partial charge in [0.05, 0.1) is 0 Å². The molecule has 2 aromatic carbocycles. The molecule has 0 aliphatic heterocycles. The van der Waals surface area contributed by atoms with Crippen molar-refractivity contribution in [3.8, 4) is 0 Å². The summed E-state index contributed by atoms with van der Waals surface area (Å²) in [6, 6.07) is 14.0. The first-order valence-corrected chi connectivity index (χ1v) is 6.41. The third kappa shape index (κ3) is 2.60. The molecule has 3 heteroatoms. The number of benzene rings is 2. The van der Waals surface area contributed by atoms with Crippen molar-refractivity contribution in [1.29, 1.82) is 0 Å². The van der Waals surface area contributed by atoms with Gasteiger partial charge in [-0.05, 0) is 48.7 Å². The highest BCUT2D eigenvalue weighted by molar-refractivity contribution is 5.73. The van der Waals surface area contributed by atoms with Crippen molar-refractivity contribution >= 4 is 16.8 Å². The van der Waals surface area contributed by atoms with Gasteiger partial charge in [0.2, 0.25) is 0 Å². The van der Waals surface area contributed by atoms with Crippen LogP contribution in [0.3, 0.4) is 0 Å². The molecular formula is C16H16N2O. The predicted octanol–water partition coefficient (Wildman–Crippen LogP) is 3.50. The molecule has 2 N–H and O–H groups in total. The SMILES string of the molecule is Cc1ccc2oc(CCc3cccc(N)c3)nc2c1. The van der Waals surface area contributed by atoms with Gasteiger partial charge in [0.25, 0.3) is 0 Å². The number of fused-ring (bicyclic) bond motifs is 1. The van der Waals surface area contributed by atoms with Crippen LogP contribution in [0.4, 0.5) is 5.69 Å². The minimum absolute atomic E-state index is 0.781. The summed E-state index contributed by atoms with van der Waals surface area (Å²) in [5.41, 5.74) is 10.8. The summed E-state index contributed by atoms with van der Waals surface area (Å²) in [5.74, 6) is 0.781. The number of nitrogens with two attached hydrogens (primary N) is 1. The van der Waals surface area contributed by atoms with E-state index in [0.29, 0.717) is 0 Å². The summed E-state index contributed by atoms with van der Waals surface area (Å²) in [6.45, 7) is 2.06. The van der Waals surface area contributed by atoms with Crippen molar-refractivity contribution in [1.82, 2.24) is 4.98 Å². The number of hydrogen-bond acceptors (Lipinski definition) is 3. The lowest BCUT2D eigenvalue weighted by Crippen LogP contribution is -1.93. The summed E-state index contributed by atoms with van der Waals surface area (Å²) >= 11 is 0. The maximum absolute atomic E-state index is 5.77. The number of hydrogen-bond donors (Lipinski definition) is 1. The van der Waals surface area contributed by atoms with Crippen LogP contribution in [0, 0.1) is 6.92 Å². The first kappa shape index (κ1) is 11.8. The fraction of sp³-hybridized carbons (Fsp3) is 0.188. The van der Waals surface area contributed by atoms with E-state index in [4.69, 9.17) is 10.2 Å². The third-order valence-corrected chi connectivity index (χ3v) is 3.17. The summed E-state index contributed by atoms with van der Waals surface area (Å²) in [4.78, 5) is 4.51. The van der Waals surface area contributed by atoms with Crippen LogP contribution in [0.1, 0.15) is 17.0 Å². The summed E-state index contributed by atoms with van der Waals surface area (Å²) in [7, 11) is 0. The quantitative estimate of drug-likeness (QED) is 0.726. The second-order valence-electron chi connectivity index (χ2n) is 4.82. The Morgan fingerprint density at radius 2 is 2.00 bits per heavy atom. The molecule has 0 radical (unpaired) electrons. The minimum atomic E-state index is 0.781. The van der Waals surface area contributed by atoms with E-state index in [1.54, 1.807) is 0 Å². The Morgan fingerprint density at radius 3 is 2.84 bits per heavy atom. The molecule has 3 nitrogen and oxygen atoms in total. The molecule has 96 valence electrons. The van der Waals surface area contributed by atoms with Crippen molar-refractivity contribution in [2.24, 2.45) is 0 Å². The number of aromatic nitrogens is 1. The maximum Gasteiger partial charge on any atom is 0.195 e. The molecule has 0 fully saturated rings. The summed E-state index contributed by atoms with van der Waals surface area (Å²) < 4.78 is 5.73. The van der Waals surface area contributed by atoms with Gasteiger partial charge in [-0.1, -0.05) is 18.2 Å². The number of anilines is 1. The molecule has 1 aromatic heterocycles. The van der Waals surface area contributed by atoms with E-state index in [0.717, 1.165) is 35.5 Å². The molecule has 0 aliphatic carbocycles. The fourth-order valence-electron chi connectivity index (χ4n) is 2.19. The van der Waals surface area contributed by atoms with Crippen molar-refractivity contribution in [3.05, 3.63) is 59.5 Å². The first-order valence-electron chi connectivity index (χ1n) is 6.41. The largest absolute Gasteiger partial charge is 0.441 e. The standard InChI is InChI=1S/C16H16N2O/c1-11-5-7-15-14(9-11)18-16(19-15)8-6-12-3-2-4-13(17)10-12/h2-5,7,9-10H,6,8,17H2,1H3. The average Bonchev–Trinajstić information content (AvgIpc) is 2.78. The van der Waals surface area contributed by atoms with E-state index in [1.807, 2.05) is 36.4 Å². The van der Waals surface area contributed by atoms with Crippen LogP contribution >= 0.6 is 0 Å². The van der Waals surface area contributed by atoms with Gasteiger partial charge in [-0.15, -0.1) is 0 Å². The van der Waals surface area contributed by atoms with E-state index < -0.39 is 0 Å². The van der Waals surface area contributed by atoms with E-state index >= 15 is 0 Å². The second-order valence-corrected chi connectivity index (χ2v) is 4.82. The highest BCUT2D eigenvalue weighted by Crippen LogP contribution is 2.18. The molecule has 3 aromatic rings. The molecule has 0 bridgehead atoms. The van der Waals surface area contributed by atoms with Crippen molar-refractivity contribution in [2.45, 2.75) is 19.8 Å². The maximum atomic E-state index is 5.77. The fourth-order valence-corrected chi connectivity index (χ4v) is 2.19. The van der Waals surface area contributed by atoms with Gasteiger partial charge < -0.3 is 10.2 Å². The van der Waals surface area contributed by atoms with E-state index in [-0.39, 0.29) is 0 Å². The Kier molecular flexibility index (Phi) is 2.95. The number of aryl methyl sites for hydroxylation is 3. The van der Waals surface area contributed by atoms with Crippen molar-refractivity contribution < 1.29 is 4.42 Å². The topological polar surface area (TPSA) is 52.0 Å². The van der Waals surface area contributed by atoms with Gasteiger partial charge in [-0.3, -0.25) is 0 Å². The number of rotatable bonds is 3. The van der Waals surface area contributed by atoms with E-state index in [1.165, 1.54) is 11.1 Å². The Morgan fingerprint density at radius 1 is 1.11 bits per heavy atom. The van der Waals surface area contributed by atoms with Gasteiger partial charge >= 0.3 is 0 Å². The molecule has 0 spiro atoms. The Hall–Kier alpha value is -2.29. The predicted molar refractivity (Wildman–Crippen MR) is 77.0 cm³/mol. The van der Waals surface area contributed by atoms with Crippen LogP contribution in [0.5, 0.6) is 0 Å². The zero-order valence-electron chi connectivity index (χ0n) is 10.9. The van der Waals surface area contributed by atoms with Crippen LogP contribution in [0.15, 0.2) is 46.9 Å². The van der Waals surface area contributed by atoms with Gasteiger partial charge in [-0.25, -0.2) is 4.98 Å². The van der Waals surface area contributed by atoms with Crippen molar-refractivity contribution in [2.75, 3.05) is 5.73 Å². The third-order valence-electron chi connectivity index (χ3n) is 3.17. The Bertz CT molecular complexity index is 716. The lowest BCUT2D eigenvalue weighted by molar-refractivity contribution is 0.528. The zero-order chi connectivity index (χ0) is 13.2. The number of nitrogen functional groups attached to an aromatic ring is 1. The summed E-state index contributed by atoms with van der Waals surface area (Å²) in [6.07, 6.45) is 1.67. The molecule has 0 saturated heterocycles. The lowest BCUT2D eigenvalue weighted by atomic mass is 10.1. The monoisotopic (exact) mass is 252 g/mol. The van der Waals surface area contributed by atoms with Crippen molar-refractivity contribution in [3.63, 3.8) is 0 Å². The summed E-state index contributed by atoms with van der Waals surface area (Å²) in [5, 5.41) is 0. The molecule has 0 unspecified atom stereocenters. The molecular weight excluding hydrogens is 236 g/mol. The molecule has 0 amide bonds. The molecule has 3 rings (SSSR count). The molecule has 19 heavy (non-hydrogen) atoms. The second kappa shape index (κ2) is 4.76. The van der Waals surface area contributed by atoms with Crippen LogP contribution < -0.4 is 5.73 Å². The number of nitrogens with zero attached hydrogens (tertiary/aromatic N) is 1. The van der Waals surface area contributed by atoms with Crippen LogP contribution in [-0.4, -0.2) is 4.98 Å². The van der Waals surface area contributed by atoms with E-state index in [9.17, 15) is 0 Å². The smallest absolute Gasteiger partial charge is 0.195 e. The minimum Gasteiger partial charge on any atom is -0.441 e. The molecule has 0 saturated carbocycles. The molecule has 0 aliphatic rings. The molecule has 1 heterocycles. The average molecular weight is 252 g/mol. The van der Waals surface area contributed by atoms with Gasteiger partial charge in [0.15, 0.2) is 11.5 Å². The van der Waals surface area contributed by atoms with Crippen LogP contribution in [0.2, 0.25) is 0 Å². The first-order chi connectivity index (χ1) is 9.20. The number of oxazole rings is 1. The highest BCUT2D eigenvalue weighted by Gasteiger charge is 2.06.